The van der Waals surface area contributed by atoms with Gasteiger partial charge in [-0.3, -0.25) is 0 Å². The van der Waals surface area contributed by atoms with Gasteiger partial charge in [0.2, 0.25) is 0 Å². The Bertz CT molecular complexity index is 3170. The molecule has 9 aromatic carbocycles. The lowest BCUT2D eigenvalue weighted by molar-refractivity contribution is 0.670. The van der Waals surface area contributed by atoms with E-state index in [1.54, 1.807) is 0 Å². The number of fused-ring (bicyclic) bond motifs is 3. The smallest absolute Gasteiger partial charge is 0.143 e. The number of hydrogen-bond donors (Lipinski definition) is 0. The highest BCUT2D eigenvalue weighted by Gasteiger charge is 2.17. The van der Waals surface area contributed by atoms with E-state index in [2.05, 4.69) is 217 Å². The molecule has 0 aliphatic carbocycles. The predicted molar refractivity (Wildman–Crippen MR) is 268 cm³/mol. The molecule has 10 rings (SSSR count). The summed E-state index contributed by atoms with van der Waals surface area (Å²) in [6.07, 6.45) is 11.0. The lowest BCUT2D eigenvalue weighted by atomic mass is 9.85. The second kappa shape index (κ2) is 18.5. The van der Waals surface area contributed by atoms with E-state index in [1.807, 2.05) is 19.1 Å². The molecule has 61 heavy (non-hydrogen) atoms. The first kappa shape index (κ1) is 40.8. The SMILES string of the molecule is C/C=C\C(=C\C)CCC.CC=C(C)C.c1ccc(-c2ccccc2-c2ccc3ccc4c(-c5ccc(-c6cccc7c6oc6ccccc67)cc5)ccc5ccc2c3c54)cc1. The van der Waals surface area contributed by atoms with Crippen molar-refractivity contribution < 1.29 is 4.42 Å². The first-order valence-electron chi connectivity index (χ1n) is 21.7. The fourth-order valence-corrected chi connectivity index (χ4v) is 8.51. The molecule has 1 heteroatoms. The molecule has 1 nitrogen and oxygen atoms in total. The number of furan rings is 1. The summed E-state index contributed by atoms with van der Waals surface area (Å²) in [6, 6.07) is 61.5. The fourth-order valence-electron chi connectivity index (χ4n) is 8.51. The van der Waals surface area contributed by atoms with Crippen LogP contribution in [0.15, 0.2) is 210 Å². The van der Waals surface area contributed by atoms with Crippen molar-refractivity contribution in [3.05, 3.63) is 205 Å². The molecule has 1 aromatic heterocycles. The topological polar surface area (TPSA) is 13.1 Å². The molecule has 0 fully saturated rings. The van der Waals surface area contributed by atoms with Gasteiger partial charge in [0.1, 0.15) is 11.2 Å². The largest absolute Gasteiger partial charge is 0.455 e. The minimum atomic E-state index is 0.923. The Labute approximate surface area is 361 Å². The molecule has 1 heterocycles. The Morgan fingerprint density at radius 2 is 0.967 bits per heavy atom. The van der Waals surface area contributed by atoms with Crippen molar-refractivity contribution in [3.8, 4) is 44.5 Å². The van der Waals surface area contributed by atoms with Crippen LogP contribution in [0.1, 0.15) is 54.4 Å². The summed E-state index contributed by atoms with van der Waals surface area (Å²) in [5.41, 5.74) is 14.4. The van der Waals surface area contributed by atoms with Gasteiger partial charge in [-0.1, -0.05) is 213 Å². The van der Waals surface area contributed by atoms with E-state index < -0.39 is 0 Å². The third-order valence-electron chi connectivity index (χ3n) is 11.7. The molecule has 0 N–H and O–H groups in total. The zero-order valence-corrected chi connectivity index (χ0v) is 36.3. The molecule has 0 aliphatic heterocycles. The molecule has 0 spiro atoms. The molecule has 0 saturated carbocycles. The number of hydrogen-bond acceptors (Lipinski definition) is 1. The van der Waals surface area contributed by atoms with Crippen LogP contribution in [0.2, 0.25) is 0 Å². The number of rotatable bonds is 7. The average Bonchev–Trinajstić information content (AvgIpc) is 3.70. The van der Waals surface area contributed by atoms with Crippen molar-refractivity contribution in [2.45, 2.75) is 54.4 Å². The number of allylic oxidation sites excluding steroid dienone is 6. The first-order valence-corrected chi connectivity index (χ1v) is 21.7. The molecule has 0 aliphatic rings. The quantitative estimate of drug-likeness (QED) is 0.0890. The van der Waals surface area contributed by atoms with E-state index in [1.165, 1.54) is 89.7 Å². The van der Waals surface area contributed by atoms with Crippen LogP contribution in [-0.4, -0.2) is 0 Å². The highest BCUT2D eigenvalue weighted by Crippen LogP contribution is 2.44. The second-order valence-electron chi connectivity index (χ2n) is 15.9. The monoisotopic (exact) mass is 790 g/mol. The van der Waals surface area contributed by atoms with E-state index in [0.29, 0.717) is 0 Å². The standard InChI is InChI=1S/C46H28O.C9H16.C5H10/c1-2-9-29(10-3-1)34-11-4-5-12-37(34)38-26-22-33-23-27-40-35(25-21-32-24-28-41(38)45(33)44(32)40)30-17-19-31(20-18-30)36-14-8-15-42-39-13-6-7-16-43(39)47-46(36)42;1-4-7-9(6-3)8-5-2;1-4-5(2)3/h1-28H;4,6-7H,5,8H2,1-3H3;4H,1-3H3/b;7-4-,9-6-;. The summed E-state index contributed by atoms with van der Waals surface area (Å²) in [6.45, 7) is 12.5. The molecule has 0 amide bonds. The van der Waals surface area contributed by atoms with Crippen molar-refractivity contribution in [1.82, 2.24) is 0 Å². The Kier molecular flexibility index (Phi) is 12.4. The van der Waals surface area contributed by atoms with Crippen molar-refractivity contribution in [3.63, 3.8) is 0 Å². The van der Waals surface area contributed by atoms with Crippen molar-refractivity contribution >= 4 is 54.3 Å². The Morgan fingerprint density at radius 1 is 0.443 bits per heavy atom. The number of benzene rings is 9. The molecular weight excluding hydrogens is 737 g/mol. The lowest BCUT2D eigenvalue weighted by Gasteiger charge is -2.18. The Hall–Kier alpha value is -6.96. The Morgan fingerprint density at radius 3 is 1.61 bits per heavy atom. The van der Waals surface area contributed by atoms with Crippen LogP contribution < -0.4 is 0 Å². The normalized spacial score (nSPS) is 11.6. The van der Waals surface area contributed by atoms with Gasteiger partial charge in [-0.15, -0.1) is 0 Å². The highest BCUT2D eigenvalue weighted by atomic mass is 16.3. The number of para-hydroxylation sites is 2. The molecule has 0 radical (unpaired) electrons. The van der Waals surface area contributed by atoms with E-state index in [-0.39, 0.29) is 0 Å². The van der Waals surface area contributed by atoms with Gasteiger partial charge in [0.05, 0.1) is 0 Å². The fraction of sp³-hybridized carbons (Fsp3) is 0.133. The van der Waals surface area contributed by atoms with Crippen LogP contribution >= 0.6 is 0 Å². The van der Waals surface area contributed by atoms with Crippen LogP contribution in [0, 0.1) is 0 Å². The van der Waals surface area contributed by atoms with E-state index >= 15 is 0 Å². The second-order valence-corrected chi connectivity index (χ2v) is 15.9. The zero-order chi connectivity index (χ0) is 42.3. The predicted octanol–water partition coefficient (Wildman–Crippen LogP) is 18.4. The van der Waals surface area contributed by atoms with Gasteiger partial charge in [-0.25, -0.2) is 0 Å². The molecule has 0 atom stereocenters. The summed E-state index contributed by atoms with van der Waals surface area (Å²) in [5.74, 6) is 0. The molecular formula is C60H54O. The summed E-state index contributed by atoms with van der Waals surface area (Å²) in [5, 5.41) is 10.1. The Balaban J connectivity index is 0.000000319. The highest BCUT2D eigenvalue weighted by molar-refractivity contribution is 6.28. The van der Waals surface area contributed by atoms with Gasteiger partial charge in [0.15, 0.2) is 0 Å². The van der Waals surface area contributed by atoms with Gasteiger partial charge >= 0.3 is 0 Å². The summed E-state index contributed by atoms with van der Waals surface area (Å²) < 4.78 is 6.35. The van der Waals surface area contributed by atoms with Gasteiger partial charge in [-0.05, 0) is 118 Å². The zero-order valence-electron chi connectivity index (χ0n) is 36.3. The third-order valence-corrected chi connectivity index (χ3v) is 11.7. The van der Waals surface area contributed by atoms with Crippen molar-refractivity contribution in [2.75, 3.05) is 0 Å². The van der Waals surface area contributed by atoms with Crippen LogP contribution in [0.4, 0.5) is 0 Å². The maximum atomic E-state index is 6.35. The lowest BCUT2D eigenvalue weighted by Crippen LogP contribution is -1.91. The van der Waals surface area contributed by atoms with Gasteiger partial charge in [0.25, 0.3) is 0 Å². The average molecular weight is 791 g/mol. The van der Waals surface area contributed by atoms with Crippen LogP contribution in [0.3, 0.4) is 0 Å². The molecule has 10 aromatic rings. The molecule has 0 bridgehead atoms. The minimum absolute atomic E-state index is 0.923. The van der Waals surface area contributed by atoms with Gasteiger partial charge in [-0.2, -0.15) is 0 Å². The van der Waals surface area contributed by atoms with E-state index in [4.69, 9.17) is 4.42 Å². The first-order chi connectivity index (χ1) is 29.9. The van der Waals surface area contributed by atoms with Gasteiger partial charge < -0.3 is 4.42 Å². The van der Waals surface area contributed by atoms with Crippen LogP contribution in [0.25, 0.3) is 98.8 Å². The van der Waals surface area contributed by atoms with Crippen molar-refractivity contribution in [2.24, 2.45) is 0 Å². The van der Waals surface area contributed by atoms with Gasteiger partial charge in [0, 0.05) is 16.3 Å². The van der Waals surface area contributed by atoms with E-state index in [9.17, 15) is 0 Å². The maximum Gasteiger partial charge on any atom is 0.143 e. The summed E-state index contributed by atoms with van der Waals surface area (Å²) in [4.78, 5) is 0. The molecule has 300 valence electrons. The summed E-state index contributed by atoms with van der Waals surface area (Å²) >= 11 is 0. The molecule has 0 unspecified atom stereocenters. The van der Waals surface area contributed by atoms with Crippen LogP contribution in [0.5, 0.6) is 0 Å². The van der Waals surface area contributed by atoms with Crippen molar-refractivity contribution in [1.29, 1.82) is 0 Å². The van der Waals surface area contributed by atoms with Crippen LogP contribution in [-0.2, 0) is 0 Å². The minimum Gasteiger partial charge on any atom is -0.455 e. The summed E-state index contributed by atoms with van der Waals surface area (Å²) in [7, 11) is 0. The van der Waals surface area contributed by atoms with E-state index in [0.717, 1.165) is 33.1 Å². The third kappa shape index (κ3) is 8.30. The molecule has 0 saturated heterocycles. The maximum absolute atomic E-state index is 6.35.